The van der Waals surface area contributed by atoms with E-state index in [4.69, 9.17) is 0 Å². The van der Waals surface area contributed by atoms with Crippen LogP contribution in [-0.4, -0.2) is 17.3 Å². The zero-order valence-corrected chi connectivity index (χ0v) is 7.70. The molecule has 0 aromatic heterocycles. The SMILES string of the molecule is FC12CC3CC(F)(CC(C1)C3(F)F)C2. The highest BCUT2D eigenvalue weighted by atomic mass is 19.3. The third-order valence-electron chi connectivity index (χ3n) is 4.17. The van der Waals surface area contributed by atoms with Gasteiger partial charge in [0.15, 0.2) is 0 Å². The summed E-state index contributed by atoms with van der Waals surface area (Å²) in [7, 11) is 0. The smallest absolute Gasteiger partial charge is 0.244 e. The average molecular weight is 208 g/mol. The summed E-state index contributed by atoms with van der Waals surface area (Å²) < 4.78 is 54.8. The lowest BCUT2D eigenvalue weighted by molar-refractivity contribution is -0.255. The Morgan fingerprint density at radius 2 is 1.07 bits per heavy atom. The van der Waals surface area contributed by atoms with Gasteiger partial charge in [0.1, 0.15) is 11.3 Å². The van der Waals surface area contributed by atoms with Crippen LogP contribution in [0.25, 0.3) is 0 Å². The number of alkyl halides is 4. The van der Waals surface area contributed by atoms with E-state index in [9.17, 15) is 17.6 Å². The Morgan fingerprint density at radius 3 is 1.43 bits per heavy atom. The molecule has 80 valence electrons. The summed E-state index contributed by atoms with van der Waals surface area (Å²) in [5, 5.41) is 0. The van der Waals surface area contributed by atoms with Crippen molar-refractivity contribution in [3.05, 3.63) is 0 Å². The van der Waals surface area contributed by atoms with Crippen molar-refractivity contribution in [2.45, 2.75) is 49.4 Å². The average Bonchev–Trinajstić information content (AvgIpc) is 1.96. The molecule has 0 nitrogen and oxygen atoms in total. The fraction of sp³-hybridized carbons (Fsp3) is 1.00. The van der Waals surface area contributed by atoms with Crippen molar-refractivity contribution < 1.29 is 17.6 Å². The van der Waals surface area contributed by atoms with Crippen molar-refractivity contribution in [2.24, 2.45) is 11.8 Å². The van der Waals surface area contributed by atoms with Crippen LogP contribution in [0.3, 0.4) is 0 Å². The maximum atomic E-state index is 13.9. The summed E-state index contributed by atoms with van der Waals surface area (Å²) in [5.74, 6) is -4.94. The van der Waals surface area contributed by atoms with Gasteiger partial charge >= 0.3 is 0 Å². The second-order valence-electron chi connectivity index (χ2n) is 5.36. The molecule has 4 bridgehead atoms. The minimum atomic E-state index is -2.83. The molecule has 0 atom stereocenters. The Bertz CT molecular complexity index is 248. The first kappa shape index (κ1) is 8.98. The monoisotopic (exact) mass is 208 g/mol. The zero-order valence-electron chi connectivity index (χ0n) is 7.70. The predicted molar refractivity (Wildman–Crippen MR) is 42.7 cm³/mol. The van der Waals surface area contributed by atoms with Crippen molar-refractivity contribution in [1.29, 1.82) is 0 Å². The van der Waals surface area contributed by atoms with Crippen LogP contribution in [0.2, 0.25) is 0 Å². The van der Waals surface area contributed by atoms with Crippen molar-refractivity contribution in [1.82, 2.24) is 0 Å². The maximum Gasteiger partial charge on any atom is 0.254 e. The lowest BCUT2D eigenvalue weighted by atomic mass is 9.52. The van der Waals surface area contributed by atoms with Gasteiger partial charge in [-0.3, -0.25) is 0 Å². The Labute approximate surface area is 79.7 Å². The number of hydrogen-bond acceptors (Lipinski definition) is 0. The summed E-state index contributed by atoms with van der Waals surface area (Å²) in [4.78, 5) is 0. The van der Waals surface area contributed by atoms with E-state index in [0.717, 1.165) is 0 Å². The topological polar surface area (TPSA) is 0 Å². The molecule has 0 aromatic carbocycles. The molecule has 0 unspecified atom stereocenters. The van der Waals surface area contributed by atoms with E-state index < -0.39 is 29.1 Å². The minimum Gasteiger partial charge on any atom is -0.244 e. The van der Waals surface area contributed by atoms with Crippen molar-refractivity contribution in [2.75, 3.05) is 0 Å². The summed E-state index contributed by atoms with van der Waals surface area (Å²) in [6.07, 6.45) is -0.697. The first-order valence-electron chi connectivity index (χ1n) is 5.09. The molecule has 0 N–H and O–H groups in total. The van der Waals surface area contributed by atoms with Gasteiger partial charge in [-0.15, -0.1) is 0 Å². The molecule has 4 rings (SSSR count). The Kier molecular flexibility index (Phi) is 1.36. The maximum absolute atomic E-state index is 13.9. The number of rotatable bonds is 0. The van der Waals surface area contributed by atoms with E-state index in [-0.39, 0.29) is 32.1 Å². The molecule has 0 aliphatic heterocycles. The highest BCUT2D eigenvalue weighted by Crippen LogP contribution is 2.65. The fourth-order valence-corrected chi connectivity index (χ4v) is 3.81. The van der Waals surface area contributed by atoms with E-state index in [1.807, 2.05) is 0 Å². The minimum absolute atomic E-state index is 0.137. The van der Waals surface area contributed by atoms with Crippen molar-refractivity contribution >= 4 is 0 Å². The van der Waals surface area contributed by atoms with Crippen LogP contribution in [0, 0.1) is 11.8 Å². The third kappa shape index (κ3) is 0.947. The van der Waals surface area contributed by atoms with Crippen LogP contribution in [0.1, 0.15) is 32.1 Å². The molecule has 14 heavy (non-hydrogen) atoms. The Morgan fingerprint density at radius 1 is 0.714 bits per heavy atom. The van der Waals surface area contributed by atoms with Gasteiger partial charge in [-0.1, -0.05) is 0 Å². The zero-order chi connectivity index (χ0) is 10.2. The number of halogens is 4. The molecular formula is C10H12F4. The Hall–Kier alpha value is -0.280. The molecule has 0 aromatic rings. The lowest BCUT2D eigenvalue weighted by Gasteiger charge is -2.58. The highest BCUT2D eigenvalue weighted by Gasteiger charge is 2.69. The van der Waals surface area contributed by atoms with Crippen molar-refractivity contribution in [3.8, 4) is 0 Å². The van der Waals surface area contributed by atoms with Gasteiger partial charge < -0.3 is 0 Å². The molecule has 0 spiro atoms. The molecule has 0 radical (unpaired) electrons. The molecule has 0 amide bonds. The predicted octanol–water partition coefficient (Wildman–Crippen LogP) is 3.26. The molecule has 4 fully saturated rings. The summed E-state index contributed by atoms with van der Waals surface area (Å²) in [6, 6.07) is 0. The molecule has 4 aliphatic carbocycles. The quantitative estimate of drug-likeness (QED) is 0.536. The van der Waals surface area contributed by atoms with Crippen LogP contribution in [0.4, 0.5) is 17.6 Å². The molecule has 0 saturated heterocycles. The molecule has 0 heterocycles. The van der Waals surface area contributed by atoms with Crippen LogP contribution in [0.15, 0.2) is 0 Å². The van der Waals surface area contributed by atoms with Gasteiger partial charge in [0.2, 0.25) is 0 Å². The first-order valence-corrected chi connectivity index (χ1v) is 5.09. The van der Waals surface area contributed by atoms with Gasteiger partial charge in [-0.25, -0.2) is 17.6 Å². The van der Waals surface area contributed by atoms with E-state index in [1.54, 1.807) is 0 Å². The second kappa shape index (κ2) is 2.12. The summed E-state index contributed by atoms with van der Waals surface area (Å²) >= 11 is 0. The normalized spacial score (nSPS) is 59.1. The summed E-state index contributed by atoms with van der Waals surface area (Å²) in [5.41, 5.74) is -3.27. The Balaban J connectivity index is 2.03. The standard InChI is InChI=1S/C10H12F4/c11-8-1-6-2-9(12,5-8)4-7(3-8)10(6,13)14/h6-7H,1-5H2. The van der Waals surface area contributed by atoms with E-state index in [1.165, 1.54) is 0 Å². The van der Waals surface area contributed by atoms with E-state index in [0.29, 0.717) is 0 Å². The molecule has 4 saturated carbocycles. The van der Waals surface area contributed by atoms with Crippen LogP contribution < -0.4 is 0 Å². The van der Waals surface area contributed by atoms with Gasteiger partial charge in [-0.05, 0) is 25.7 Å². The third-order valence-corrected chi connectivity index (χ3v) is 4.17. The lowest BCUT2D eigenvalue weighted by Crippen LogP contribution is -2.63. The highest BCUT2D eigenvalue weighted by molar-refractivity contribution is 5.15. The van der Waals surface area contributed by atoms with Gasteiger partial charge in [0, 0.05) is 18.3 Å². The van der Waals surface area contributed by atoms with Crippen LogP contribution in [-0.2, 0) is 0 Å². The van der Waals surface area contributed by atoms with Gasteiger partial charge in [0.25, 0.3) is 5.92 Å². The largest absolute Gasteiger partial charge is 0.254 e. The van der Waals surface area contributed by atoms with E-state index in [2.05, 4.69) is 0 Å². The number of hydrogen-bond donors (Lipinski definition) is 0. The van der Waals surface area contributed by atoms with E-state index >= 15 is 0 Å². The molecule has 4 heteroatoms. The van der Waals surface area contributed by atoms with Gasteiger partial charge in [0.05, 0.1) is 0 Å². The van der Waals surface area contributed by atoms with Crippen molar-refractivity contribution in [3.63, 3.8) is 0 Å². The fourth-order valence-electron chi connectivity index (χ4n) is 3.81. The summed E-state index contributed by atoms with van der Waals surface area (Å²) in [6.45, 7) is 0. The van der Waals surface area contributed by atoms with Crippen LogP contribution >= 0.6 is 0 Å². The second-order valence-corrected chi connectivity index (χ2v) is 5.36. The van der Waals surface area contributed by atoms with Crippen LogP contribution in [0.5, 0.6) is 0 Å². The molecular weight excluding hydrogens is 196 g/mol. The first-order chi connectivity index (χ1) is 6.33. The molecule has 4 aliphatic rings. The van der Waals surface area contributed by atoms with Gasteiger partial charge in [-0.2, -0.15) is 0 Å².